The zero-order chi connectivity index (χ0) is 25.6. The molecule has 1 atom stereocenters. The SMILES string of the molecule is O=C1C(=O)N(c2cccc(C(F)(F)F)c2)C(c2ccccc2F)/C1=C(\O)c1ccc2c(c1)CCCC2. The Morgan fingerprint density at radius 3 is 2.33 bits per heavy atom. The minimum Gasteiger partial charge on any atom is -0.507 e. The van der Waals surface area contributed by atoms with Crippen LogP contribution in [0.25, 0.3) is 5.76 Å². The number of alkyl halides is 3. The molecule has 4 nitrogen and oxygen atoms in total. The number of fused-ring (bicyclic) bond motifs is 1. The molecule has 0 spiro atoms. The molecule has 3 aromatic carbocycles. The van der Waals surface area contributed by atoms with Crippen molar-refractivity contribution >= 4 is 23.1 Å². The lowest BCUT2D eigenvalue weighted by Gasteiger charge is -2.26. The first-order chi connectivity index (χ1) is 17.2. The largest absolute Gasteiger partial charge is 0.507 e. The molecule has 1 saturated heterocycles. The molecule has 3 aromatic rings. The molecule has 2 aliphatic rings. The van der Waals surface area contributed by atoms with Crippen LogP contribution in [0.4, 0.5) is 23.2 Å². The van der Waals surface area contributed by atoms with Crippen molar-refractivity contribution in [3.8, 4) is 0 Å². The van der Waals surface area contributed by atoms with Gasteiger partial charge in [0.15, 0.2) is 0 Å². The van der Waals surface area contributed by atoms with E-state index in [2.05, 4.69) is 0 Å². The first kappa shape index (κ1) is 23.8. The lowest BCUT2D eigenvalue weighted by molar-refractivity contribution is -0.137. The Hall–Kier alpha value is -3.94. The van der Waals surface area contributed by atoms with Crippen molar-refractivity contribution in [2.45, 2.75) is 37.9 Å². The molecular formula is C28H21F4NO3. The molecule has 8 heteroatoms. The zero-order valence-electron chi connectivity index (χ0n) is 19.0. The third-order valence-corrected chi connectivity index (χ3v) is 6.72. The molecule has 36 heavy (non-hydrogen) atoms. The van der Waals surface area contributed by atoms with E-state index in [0.29, 0.717) is 5.56 Å². The van der Waals surface area contributed by atoms with Crippen LogP contribution in [0.2, 0.25) is 0 Å². The zero-order valence-corrected chi connectivity index (χ0v) is 19.0. The average Bonchev–Trinajstić information content (AvgIpc) is 3.13. The predicted molar refractivity (Wildman–Crippen MR) is 126 cm³/mol. The van der Waals surface area contributed by atoms with Gasteiger partial charge in [0.05, 0.1) is 17.2 Å². The van der Waals surface area contributed by atoms with Gasteiger partial charge in [-0.1, -0.05) is 36.4 Å². The highest BCUT2D eigenvalue weighted by Gasteiger charge is 2.48. The fraction of sp³-hybridized carbons (Fsp3) is 0.214. The minimum absolute atomic E-state index is 0.117. The molecule has 184 valence electrons. The van der Waals surface area contributed by atoms with Crippen molar-refractivity contribution in [2.75, 3.05) is 4.90 Å². The number of carbonyl (C=O) groups is 2. The van der Waals surface area contributed by atoms with Crippen LogP contribution < -0.4 is 4.90 Å². The number of aryl methyl sites for hydroxylation is 2. The van der Waals surface area contributed by atoms with E-state index in [-0.39, 0.29) is 16.8 Å². The highest BCUT2D eigenvalue weighted by molar-refractivity contribution is 6.51. The number of ketones is 1. The van der Waals surface area contributed by atoms with E-state index >= 15 is 0 Å². The molecule has 1 unspecified atom stereocenters. The Bertz CT molecular complexity index is 1410. The first-order valence-electron chi connectivity index (χ1n) is 11.5. The predicted octanol–water partition coefficient (Wildman–Crippen LogP) is 6.35. The Kier molecular flexibility index (Phi) is 5.90. The summed E-state index contributed by atoms with van der Waals surface area (Å²) in [4.78, 5) is 27.2. The van der Waals surface area contributed by atoms with E-state index in [1.807, 2.05) is 6.07 Å². The molecule has 0 aromatic heterocycles. The second kappa shape index (κ2) is 8.93. The Labute approximate surface area is 204 Å². The molecule has 5 rings (SSSR count). The van der Waals surface area contributed by atoms with Gasteiger partial charge >= 0.3 is 6.18 Å². The number of hydrogen-bond donors (Lipinski definition) is 1. The third kappa shape index (κ3) is 4.06. The summed E-state index contributed by atoms with van der Waals surface area (Å²) in [6.45, 7) is 0. The van der Waals surface area contributed by atoms with Crippen molar-refractivity contribution in [2.24, 2.45) is 0 Å². The maximum Gasteiger partial charge on any atom is 0.416 e. The number of Topliss-reactive ketones (excluding diaryl/α,β-unsaturated/α-hetero) is 1. The molecule has 1 aliphatic heterocycles. The van der Waals surface area contributed by atoms with Gasteiger partial charge in [-0.15, -0.1) is 0 Å². The summed E-state index contributed by atoms with van der Waals surface area (Å²) < 4.78 is 55.2. The topological polar surface area (TPSA) is 57.6 Å². The lowest BCUT2D eigenvalue weighted by atomic mass is 9.88. The van der Waals surface area contributed by atoms with Crippen molar-refractivity contribution in [3.05, 3.63) is 106 Å². The van der Waals surface area contributed by atoms with Crippen LogP contribution in [0.5, 0.6) is 0 Å². The van der Waals surface area contributed by atoms with Crippen LogP contribution in [0.1, 0.15) is 46.7 Å². The molecule has 1 N–H and O–H groups in total. The van der Waals surface area contributed by atoms with Crippen LogP contribution in [0.3, 0.4) is 0 Å². The summed E-state index contributed by atoms with van der Waals surface area (Å²) in [5.74, 6) is -3.51. The van der Waals surface area contributed by atoms with Gasteiger partial charge in [-0.2, -0.15) is 13.2 Å². The number of nitrogens with zero attached hydrogens (tertiary/aromatic N) is 1. The van der Waals surface area contributed by atoms with Crippen LogP contribution in [-0.4, -0.2) is 16.8 Å². The van der Waals surface area contributed by atoms with Gasteiger partial charge in [0.25, 0.3) is 11.7 Å². The van der Waals surface area contributed by atoms with E-state index in [1.54, 1.807) is 12.1 Å². The van der Waals surface area contributed by atoms with Crippen molar-refractivity contribution < 1.29 is 32.3 Å². The second-order valence-corrected chi connectivity index (χ2v) is 8.93. The van der Waals surface area contributed by atoms with Gasteiger partial charge in [0, 0.05) is 16.8 Å². The van der Waals surface area contributed by atoms with Gasteiger partial charge in [-0.25, -0.2) is 4.39 Å². The van der Waals surface area contributed by atoms with Crippen LogP contribution in [-0.2, 0) is 28.6 Å². The summed E-state index contributed by atoms with van der Waals surface area (Å²) in [5, 5.41) is 11.3. The van der Waals surface area contributed by atoms with Crippen molar-refractivity contribution in [1.82, 2.24) is 0 Å². The van der Waals surface area contributed by atoms with E-state index in [9.17, 15) is 32.3 Å². The number of rotatable bonds is 3. The fourth-order valence-electron chi connectivity index (χ4n) is 4.96. The van der Waals surface area contributed by atoms with E-state index in [0.717, 1.165) is 66.0 Å². The third-order valence-electron chi connectivity index (χ3n) is 6.72. The van der Waals surface area contributed by atoms with E-state index < -0.39 is 41.0 Å². The highest BCUT2D eigenvalue weighted by atomic mass is 19.4. The van der Waals surface area contributed by atoms with Crippen LogP contribution in [0, 0.1) is 5.82 Å². The maximum atomic E-state index is 15.0. The monoisotopic (exact) mass is 495 g/mol. The van der Waals surface area contributed by atoms with Crippen LogP contribution in [0.15, 0.2) is 72.3 Å². The van der Waals surface area contributed by atoms with Crippen molar-refractivity contribution in [1.29, 1.82) is 0 Å². The summed E-state index contributed by atoms with van der Waals surface area (Å²) in [5.41, 5.74) is 0.687. The van der Waals surface area contributed by atoms with Crippen molar-refractivity contribution in [3.63, 3.8) is 0 Å². The van der Waals surface area contributed by atoms with Gasteiger partial charge in [-0.3, -0.25) is 14.5 Å². The smallest absolute Gasteiger partial charge is 0.416 e. The molecule has 1 fully saturated rings. The number of amides is 1. The number of benzene rings is 3. The fourth-order valence-corrected chi connectivity index (χ4v) is 4.96. The van der Waals surface area contributed by atoms with Gasteiger partial charge in [0.1, 0.15) is 11.6 Å². The number of aliphatic hydroxyl groups is 1. The number of aliphatic hydroxyl groups excluding tert-OH is 1. The molecule has 0 saturated carbocycles. The summed E-state index contributed by atoms with van der Waals surface area (Å²) in [7, 11) is 0. The Morgan fingerprint density at radius 2 is 1.61 bits per heavy atom. The minimum atomic E-state index is -4.69. The lowest BCUT2D eigenvalue weighted by Crippen LogP contribution is -2.30. The number of halogens is 4. The van der Waals surface area contributed by atoms with E-state index in [1.165, 1.54) is 24.3 Å². The second-order valence-electron chi connectivity index (χ2n) is 8.93. The van der Waals surface area contributed by atoms with Crippen LogP contribution >= 0.6 is 0 Å². The molecule has 0 radical (unpaired) electrons. The standard InChI is InChI=1S/C28H21F4NO3/c29-22-11-4-3-10-21(22)24-23(25(34)18-13-12-16-6-1-2-7-17(16)14-18)26(35)27(36)33(24)20-9-5-8-19(15-20)28(30,31)32/h3-5,8-15,24,34H,1-2,6-7H2/b25-23+. The Balaban J connectivity index is 1.71. The first-order valence-corrected chi connectivity index (χ1v) is 11.5. The summed E-state index contributed by atoms with van der Waals surface area (Å²) >= 11 is 0. The maximum absolute atomic E-state index is 15.0. The summed E-state index contributed by atoms with van der Waals surface area (Å²) in [6, 6.07) is 13.1. The highest BCUT2D eigenvalue weighted by Crippen LogP contribution is 2.44. The molecule has 0 bridgehead atoms. The normalized spacial score (nSPS) is 19.4. The molecule has 1 amide bonds. The van der Waals surface area contributed by atoms with Gasteiger partial charge in [-0.05, 0) is 67.1 Å². The quantitative estimate of drug-likeness (QED) is 0.199. The average molecular weight is 495 g/mol. The number of anilines is 1. The molecule has 1 aliphatic carbocycles. The van der Waals surface area contributed by atoms with E-state index in [4.69, 9.17) is 0 Å². The Morgan fingerprint density at radius 1 is 0.889 bits per heavy atom. The molecule has 1 heterocycles. The van der Waals surface area contributed by atoms with Gasteiger partial charge < -0.3 is 5.11 Å². The number of carbonyl (C=O) groups excluding carboxylic acids is 2. The summed E-state index contributed by atoms with van der Waals surface area (Å²) in [6.07, 6.45) is -0.975. The molecular weight excluding hydrogens is 474 g/mol. The number of hydrogen-bond acceptors (Lipinski definition) is 3. The van der Waals surface area contributed by atoms with Gasteiger partial charge in [0.2, 0.25) is 0 Å².